The van der Waals surface area contributed by atoms with Gasteiger partial charge in [-0.15, -0.1) is 0 Å². The second-order valence-electron chi connectivity index (χ2n) is 3.84. The van der Waals surface area contributed by atoms with Gasteiger partial charge >= 0.3 is 5.97 Å². The number of benzene rings is 1. The van der Waals surface area contributed by atoms with Gasteiger partial charge in [-0.25, -0.2) is 0 Å². The van der Waals surface area contributed by atoms with Gasteiger partial charge in [-0.05, 0) is 38.1 Å². The van der Waals surface area contributed by atoms with Crippen LogP contribution in [0.5, 0.6) is 0 Å². The fourth-order valence-corrected chi connectivity index (χ4v) is 2.14. The van der Waals surface area contributed by atoms with Crippen molar-refractivity contribution < 1.29 is 9.53 Å². The van der Waals surface area contributed by atoms with Gasteiger partial charge in [0, 0.05) is 11.0 Å². The minimum Gasteiger partial charge on any atom is -0.466 e. The van der Waals surface area contributed by atoms with Crippen molar-refractivity contribution in [2.45, 2.75) is 13.3 Å². The Morgan fingerprint density at radius 1 is 1.53 bits per heavy atom. The van der Waals surface area contributed by atoms with E-state index in [-0.39, 0.29) is 11.9 Å². The van der Waals surface area contributed by atoms with E-state index >= 15 is 0 Å². The van der Waals surface area contributed by atoms with E-state index in [1.807, 2.05) is 38.2 Å². The Morgan fingerprint density at radius 2 is 2.29 bits per heavy atom. The second-order valence-corrected chi connectivity index (χ2v) is 4.76. The number of halogens is 1. The molecule has 1 rings (SSSR count). The fraction of sp³-hybridized carbons (Fsp3) is 0.462. The highest BCUT2D eigenvalue weighted by Gasteiger charge is 2.19. The molecule has 0 aliphatic heterocycles. The van der Waals surface area contributed by atoms with E-state index in [0.29, 0.717) is 19.6 Å². The van der Waals surface area contributed by atoms with Crippen molar-refractivity contribution in [3.05, 3.63) is 34.3 Å². The molecular formula is C13H18BrNO2. The first-order chi connectivity index (χ1) is 8.17. The number of rotatable bonds is 6. The highest BCUT2D eigenvalue weighted by atomic mass is 79.9. The van der Waals surface area contributed by atoms with E-state index in [4.69, 9.17) is 4.74 Å². The Balaban J connectivity index is 2.69. The summed E-state index contributed by atoms with van der Waals surface area (Å²) in [6.07, 6.45) is 0.694. The van der Waals surface area contributed by atoms with Gasteiger partial charge in [0.1, 0.15) is 0 Å². The average molecular weight is 300 g/mol. The summed E-state index contributed by atoms with van der Waals surface area (Å²) in [6.45, 7) is 2.89. The number of carbonyl (C=O) groups excluding carboxylic acids is 1. The zero-order chi connectivity index (χ0) is 12.7. The zero-order valence-corrected chi connectivity index (χ0v) is 11.8. The van der Waals surface area contributed by atoms with Crippen LogP contribution in [-0.4, -0.2) is 26.2 Å². The maximum atomic E-state index is 11.7. The van der Waals surface area contributed by atoms with E-state index in [1.165, 1.54) is 0 Å². The number of nitrogens with one attached hydrogen (secondary N) is 1. The first-order valence-electron chi connectivity index (χ1n) is 5.73. The molecule has 1 atom stereocenters. The van der Waals surface area contributed by atoms with Crippen molar-refractivity contribution in [2.24, 2.45) is 5.92 Å². The molecular weight excluding hydrogens is 282 g/mol. The molecule has 0 aliphatic rings. The summed E-state index contributed by atoms with van der Waals surface area (Å²) in [5.41, 5.74) is 1.13. The summed E-state index contributed by atoms with van der Waals surface area (Å²) in [5.74, 6) is -0.268. The molecule has 0 bridgehead atoms. The Kier molecular flexibility index (Phi) is 6.22. The molecule has 4 heteroatoms. The minimum atomic E-state index is -0.137. The first kappa shape index (κ1) is 14.2. The van der Waals surface area contributed by atoms with Crippen molar-refractivity contribution in [1.29, 1.82) is 0 Å². The maximum Gasteiger partial charge on any atom is 0.310 e. The molecule has 0 aliphatic carbocycles. The summed E-state index contributed by atoms with van der Waals surface area (Å²) in [7, 11) is 1.84. The molecule has 1 N–H and O–H groups in total. The van der Waals surface area contributed by atoms with Crippen LogP contribution in [0.3, 0.4) is 0 Å². The molecule has 0 radical (unpaired) electrons. The van der Waals surface area contributed by atoms with E-state index in [9.17, 15) is 4.79 Å². The summed E-state index contributed by atoms with van der Waals surface area (Å²) < 4.78 is 6.10. The van der Waals surface area contributed by atoms with Gasteiger partial charge in [-0.3, -0.25) is 4.79 Å². The van der Waals surface area contributed by atoms with Crippen LogP contribution in [-0.2, 0) is 16.0 Å². The molecule has 1 unspecified atom stereocenters. The van der Waals surface area contributed by atoms with Crippen molar-refractivity contribution >= 4 is 21.9 Å². The highest BCUT2D eigenvalue weighted by molar-refractivity contribution is 9.10. The largest absolute Gasteiger partial charge is 0.466 e. The summed E-state index contributed by atoms with van der Waals surface area (Å²) in [4.78, 5) is 11.7. The molecule has 94 valence electrons. The molecule has 3 nitrogen and oxygen atoms in total. The maximum absolute atomic E-state index is 11.7. The number of hydrogen-bond acceptors (Lipinski definition) is 3. The van der Waals surface area contributed by atoms with Gasteiger partial charge < -0.3 is 10.1 Å². The van der Waals surface area contributed by atoms with Gasteiger partial charge in [0.15, 0.2) is 0 Å². The Bertz CT molecular complexity index is 368. The van der Waals surface area contributed by atoms with Crippen LogP contribution < -0.4 is 5.32 Å². The lowest BCUT2D eigenvalue weighted by Gasteiger charge is -2.15. The smallest absolute Gasteiger partial charge is 0.310 e. The molecule has 0 saturated heterocycles. The normalized spacial score (nSPS) is 12.2. The lowest BCUT2D eigenvalue weighted by molar-refractivity contribution is -0.147. The molecule has 0 fully saturated rings. The van der Waals surface area contributed by atoms with Crippen LogP contribution in [0.15, 0.2) is 28.7 Å². The van der Waals surface area contributed by atoms with Gasteiger partial charge in [0.25, 0.3) is 0 Å². The summed E-state index contributed by atoms with van der Waals surface area (Å²) in [5, 5.41) is 3.03. The second kappa shape index (κ2) is 7.45. The van der Waals surface area contributed by atoms with E-state index in [2.05, 4.69) is 21.2 Å². The van der Waals surface area contributed by atoms with Crippen LogP contribution in [0.25, 0.3) is 0 Å². The van der Waals surface area contributed by atoms with Crippen LogP contribution in [0.4, 0.5) is 0 Å². The number of esters is 1. The topological polar surface area (TPSA) is 38.3 Å². The SMILES string of the molecule is CCOC(=O)C(CNC)Cc1cccc(Br)c1. The van der Waals surface area contributed by atoms with Crippen LogP contribution in [0.2, 0.25) is 0 Å². The number of carbonyl (C=O) groups is 1. The molecule has 0 spiro atoms. The number of hydrogen-bond donors (Lipinski definition) is 1. The van der Waals surface area contributed by atoms with E-state index < -0.39 is 0 Å². The van der Waals surface area contributed by atoms with Gasteiger partial charge in [0.2, 0.25) is 0 Å². The van der Waals surface area contributed by atoms with E-state index in [1.54, 1.807) is 0 Å². The third kappa shape index (κ3) is 4.88. The van der Waals surface area contributed by atoms with Crippen molar-refractivity contribution in [3.8, 4) is 0 Å². The van der Waals surface area contributed by atoms with Crippen LogP contribution >= 0.6 is 15.9 Å². The monoisotopic (exact) mass is 299 g/mol. The third-order valence-electron chi connectivity index (χ3n) is 2.44. The zero-order valence-electron chi connectivity index (χ0n) is 10.2. The molecule has 0 amide bonds. The standard InChI is InChI=1S/C13H18BrNO2/c1-3-17-13(16)11(9-15-2)7-10-5-4-6-12(14)8-10/h4-6,8,11,15H,3,7,9H2,1-2H3. The third-order valence-corrected chi connectivity index (χ3v) is 2.93. The van der Waals surface area contributed by atoms with Gasteiger partial charge in [0.05, 0.1) is 12.5 Å². The fourth-order valence-electron chi connectivity index (χ4n) is 1.69. The Morgan fingerprint density at radius 3 is 2.88 bits per heavy atom. The molecule has 0 heterocycles. The predicted molar refractivity (Wildman–Crippen MR) is 71.9 cm³/mol. The summed E-state index contributed by atoms with van der Waals surface area (Å²) >= 11 is 3.43. The molecule has 0 aromatic heterocycles. The first-order valence-corrected chi connectivity index (χ1v) is 6.52. The lowest BCUT2D eigenvalue weighted by Crippen LogP contribution is -2.29. The van der Waals surface area contributed by atoms with Crippen molar-refractivity contribution in [3.63, 3.8) is 0 Å². The quantitative estimate of drug-likeness (QED) is 0.820. The van der Waals surface area contributed by atoms with Gasteiger partial charge in [-0.2, -0.15) is 0 Å². The molecule has 0 saturated carbocycles. The van der Waals surface area contributed by atoms with E-state index in [0.717, 1.165) is 10.0 Å². The van der Waals surface area contributed by atoms with Crippen molar-refractivity contribution in [1.82, 2.24) is 5.32 Å². The minimum absolute atomic E-state index is 0.130. The van der Waals surface area contributed by atoms with Crippen LogP contribution in [0.1, 0.15) is 12.5 Å². The Hall–Kier alpha value is -0.870. The van der Waals surface area contributed by atoms with Gasteiger partial charge in [-0.1, -0.05) is 28.1 Å². The number of ether oxygens (including phenoxy) is 1. The molecule has 1 aromatic rings. The molecule has 17 heavy (non-hydrogen) atoms. The lowest BCUT2D eigenvalue weighted by atomic mass is 9.99. The average Bonchev–Trinajstić information content (AvgIpc) is 2.29. The van der Waals surface area contributed by atoms with Crippen LogP contribution in [0, 0.1) is 5.92 Å². The predicted octanol–water partition coefficient (Wildman–Crippen LogP) is 2.39. The molecule has 1 aromatic carbocycles. The van der Waals surface area contributed by atoms with Crippen molar-refractivity contribution in [2.75, 3.05) is 20.2 Å². The summed E-state index contributed by atoms with van der Waals surface area (Å²) in [6, 6.07) is 8.00. The Labute approximate surface area is 111 Å². The highest BCUT2D eigenvalue weighted by Crippen LogP contribution is 2.15.